The molecule has 0 aliphatic rings. The monoisotopic (exact) mass is 408 g/mol. The van der Waals surface area contributed by atoms with Crippen LogP contribution in [0.1, 0.15) is 16.1 Å². The van der Waals surface area contributed by atoms with Crippen LogP contribution in [0.15, 0.2) is 47.6 Å². The number of phenolic OH excluding ortho intramolecular Hbond substituents is 1. The molecule has 0 aliphatic heterocycles. The maximum Gasteiger partial charge on any atom is 0.289 e. The third-order valence-electron chi connectivity index (χ3n) is 3.38. The Bertz CT molecular complexity index is 1000. The molecule has 3 aromatic rings. The molecule has 3 rings (SSSR count). The fourth-order valence-electron chi connectivity index (χ4n) is 2.10. The third-order valence-corrected chi connectivity index (χ3v) is 4.23. The summed E-state index contributed by atoms with van der Waals surface area (Å²) in [7, 11) is 0. The summed E-state index contributed by atoms with van der Waals surface area (Å²) >= 11 is 17.8. The van der Waals surface area contributed by atoms with E-state index in [0.29, 0.717) is 26.9 Å². The first-order chi connectivity index (χ1) is 12.4. The maximum absolute atomic E-state index is 12.1. The number of hydrogen-bond acceptors (Lipinski definition) is 4. The molecule has 132 valence electrons. The summed E-state index contributed by atoms with van der Waals surface area (Å²) in [6, 6.07) is 11.1. The molecule has 0 aliphatic carbocycles. The van der Waals surface area contributed by atoms with E-state index < -0.39 is 5.91 Å². The molecular weight excluding hydrogens is 399 g/mol. The smallest absolute Gasteiger partial charge is 0.289 e. The lowest BCUT2D eigenvalue weighted by Gasteiger charge is -2.00. The average molecular weight is 410 g/mol. The number of nitrogens with one attached hydrogen (secondary N) is 2. The van der Waals surface area contributed by atoms with E-state index in [-0.39, 0.29) is 16.5 Å². The van der Waals surface area contributed by atoms with E-state index in [4.69, 9.17) is 34.8 Å². The highest BCUT2D eigenvalue weighted by molar-refractivity contribution is 6.36. The first-order valence-electron chi connectivity index (χ1n) is 7.27. The van der Waals surface area contributed by atoms with Crippen LogP contribution in [0.5, 0.6) is 5.75 Å². The van der Waals surface area contributed by atoms with Gasteiger partial charge in [-0.3, -0.25) is 9.89 Å². The SMILES string of the molecule is O=C(N/N=C/c1ccc(O)c(Cl)c1)c1cc(-c2ccc(Cl)cc2Cl)n[nH]1. The zero-order valence-electron chi connectivity index (χ0n) is 13.0. The zero-order chi connectivity index (χ0) is 18.7. The van der Waals surface area contributed by atoms with Gasteiger partial charge in [-0.1, -0.05) is 34.8 Å². The summed E-state index contributed by atoms with van der Waals surface area (Å²) in [5.41, 5.74) is 4.35. The largest absolute Gasteiger partial charge is 0.506 e. The van der Waals surface area contributed by atoms with Gasteiger partial charge in [0.25, 0.3) is 5.91 Å². The quantitative estimate of drug-likeness (QED) is 0.437. The van der Waals surface area contributed by atoms with Crippen LogP contribution in [0.25, 0.3) is 11.3 Å². The predicted octanol–water partition coefficient (Wildman–Crippen LogP) is 4.51. The first kappa shape index (κ1) is 18.3. The van der Waals surface area contributed by atoms with Crippen molar-refractivity contribution in [3.8, 4) is 17.0 Å². The van der Waals surface area contributed by atoms with Gasteiger partial charge in [0.1, 0.15) is 11.4 Å². The van der Waals surface area contributed by atoms with Crippen molar-refractivity contribution in [3.05, 3.63) is 68.8 Å². The minimum Gasteiger partial charge on any atom is -0.506 e. The molecular formula is C17H11Cl3N4O2. The molecule has 2 aromatic carbocycles. The number of rotatable bonds is 4. The number of aromatic hydroxyl groups is 1. The van der Waals surface area contributed by atoms with Crippen molar-refractivity contribution in [3.63, 3.8) is 0 Å². The summed E-state index contributed by atoms with van der Waals surface area (Å²) in [6.07, 6.45) is 1.40. The van der Waals surface area contributed by atoms with Crippen molar-refractivity contribution >= 4 is 46.9 Å². The minimum atomic E-state index is -0.477. The Kier molecular flexibility index (Phi) is 5.46. The number of carbonyl (C=O) groups excluding carboxylic acids is 1. The number of hydrogen-bond donors (Lipinski definition) is 3. The fraction of sp³-hybridized carbons (Fsp3) is 0. The number of halogens is 3. The zero-order valence-corrected chi connectivity index (χ0v) is 15.3. The Hall–Kier alpha value is -2.54. The molecule has 1 amide bonds. The van der Waals surface area contributed by atoms with Crippen LogP contribution in [0, 0.1) is 0 Å². The summed E-state index contributed by atoms with van der Waals surface area (Å²) < 4.78 is 0. The molecule has 0 fully saturated rings. The van der Waals surface area contributed by atoms with Gasteiger partial charge in [0.2, 0.25) is 0 Å². The van der Waals surface area contributed by atoms with Crippen LogP contribution in [0.3, 0.4) is 0 Å². The van der Waals surface area contributed by atoms with Gasteiger partial charge in [0, 0.05) is 10.6 Å². The van der Waals surface area contributed by atoms with Crippen molar-refractivity contribution in [1.29, 1.82) is 0 Å². The highest BCUT2D eigenvalue weighted by Crippen LogP contribution is 2.29. The Morgan fingerprint density at radius 1 is 1.12 bits per heavy atom. The first-order valence-corrected chi connectivity index (χ1v) is 8.40. The summed E-state index contributed by atoms with van der Waals surface area (Å²) in [4.78, 5) is 12.1. The summed E-state index contributed by atoms with van der Waals surface area (Å²) in [5, 5.41) is 21.0. The van der Waals surface area contributed by atoms with Gasteiger partial charge >= 0.3 is 0 Å². The number of nitrogens with zero attached hydrogens (tertiary/aromatic N) is 2. The molecule has 0 radical (unpaired) electrons. The highest BCUT2D eigenvalue weighted by Gasteiger charge is 2.12. The van der Waals surface area contributed by atoms with Gasteiger partial charge in [0.05, 0.1) is 22.0 Å². The number of hydrazone groups is 1. The highest BCUT2D eigenvalue weighted by atomic mass is 35.5. The lowest BCUT2D eigenvalue weighted by Crippen LogP contribution is -2.17. The number of carbonyl (C=O) groups is 1. The molecule has 0 saturated carbocycles. The second-order valence-electron chi connectivity index (χ2n) is 5.20. The molecule has 0 unspecified atom stereocenters. The average Bonchev–Trinajstić information content (AvgIpc) is 3.08. The van der Waals surface area contributed by atoms with Gasteiger partial charge in [-0.15, -0.1) is 0 Å². The normalized spacial score (nSPS) is 11.0. The lowest BCUT2D eigenvalue weighted by molar-refractivity contribution is 0.0950. The Labute approximate surface area is 163 Å². The lowest BCUT2D eigenvalue weighted by atomic mass is 10.1. The Morgan fingerprint density at radius 3 is 2.65 bits per heavy atom. The van der Waals surface area contributed by atoms with Crippen LogP contribution in [0.2, 0.25) is 15.1 Å². The van der Waals surface area contributed by atoms with Crippen LogP contribution < -0.4 is 5.43 Å². The second kappa shape index (κ2) is 7.78. The standard InChI is InChI=1S/C17H11Cl3N4O2/c18-10-2-3-11(12(19)6-10)14-7-15(23-22-14)17(26)24-21-8-9-1-4-16(25)13(20)5-9/h1-8,25H,(H,22,23)(H,24,26)/b21-8+. The number of aromatic amines is 1. The summed E-state index contributed by atoms with van der Waals surface area (Å²) in [5.74, 6) is -0.506. The number of aromatic nitrogens is 2. The van der Waals surface area contributed by atoms with Crippen LogP contribution in [-0.2, 0) is 0 Å². The van der Waals surface area contributed by atoms with Gasteiger partial charge in [-0.25, -0.2) is 5.43 Å². The second-order valence-corrected chi connectivity index (χ2v) is 6.45. The Balaban J connectivity index is 1.70. The third kappa shape index (κ3) is 4.16. The fourth-order valence-corrected chi connectivity index (χ4v) is 2.80. The topological polar surface area (TPSA) is 90.4 Å². The van der Waals surface area contributed by atoms with Crippen molar-refractivity contribution < 1.29 is 9.90 Å². The van der Waals surface area contributed by atoms with E-state index in [0.717, 1.165) is 0 Å². The van der Waals surface area contributed by atoms with Crippen LogP contribution in [0.4, 0.5) is 0 Å². The molecule has 1 heterocycles. The van der Waals surface area contributed by atoms with E-state index in [1.165, 1.54) is 18.3 Å². The van der Waals surface area contributed by atoms with Crippen molar-refractivity contribution in [2.45, 2.75) is 0 Å². The van der Waals surface area contributed by atoms with Crippen LogP contribution in [-0.4, -0.2) is 27.4 Å². The van der Waals surface area contributed by atoms with Gasteiger partial charge in [-0.05, 0) is 48.0 Å². The van der Waals surface area contributed by atoms with E-state index in [2.05, 4.69) is 20.7 Å². The van der Waals surface area contributed by atoms with E-state index in [9.17, 15) is 9.90 Å². The van der Waals surface area contributed by atoms with Gasteiger partial charge < -0.3 is 5.11 Å². The molecule has 9 heteroatoms. The van der Waals surface area contributed by atoms with Crippen LogP contribution >= 0.6 is 34.8 Å². The number of benzene rings is 2. The molecule has 0 bridgehead atoms. The van der Waals surface area contributed by atoms with E-state index in [1.54, 1.807) is 30.3 Å². The summed E-state index contributed by atoms with van der Waals surface area (Å²) in [6.45, 7) is 0. The van der Waals surface area contributed by atoms with Crippen molar-refractivity contribution in [1.82, 2.24) is 15.6 Å². The van der Waals surface area contributed by atoms with Gasteiger partial charge in [-0.2, -0.15) is 10.2 Å². The molecule has 1 aromatic heterocycles. The van der Waals surface area contributed by atoms with E-state index >= 15 is 0 Å². The van der Waals surface area contributed by atoms with Crippen molar-refractivity contribution in [2.24, 2.45) is 5.10 Å². The van der Waals surface area contributed by atoms with E-state index in [1.807, 2.05) is 0 Å². The molecule has 0 spiro atoms. The molecule has 0 atom stereocenters. The predicted molar refractivity (Wildman–Crippen MR) is 102 cm³/mol. The number of amides is 1. The molecule has 26 heavy (non-hydrogen) atoms. The Morgan fingerprint density at radius 2 is 1.92 bits per heavy atom. The maximum atomic E-state index is 12.1. The number of phenols is 1. The number of H-pyrrole nitrogens is 1. The molecule has 6 nitrogen and oxygen atoms in total. The molecule has 3 N–H and O–H groups in total. The van der Waals surface area contributed by atoms with Crippen molar-refractivity contribution in [2.75, 3.05) is 0 Å². The minimum absolute atomic E-state index is 0.0290. The molecule has 0 saturated heterocycles. The van der Waals surface area contributed by atoms with Gasteiger partial charge in [0.15, 0.2) is 0 Å².